The lowest BCUT2D eigenvalue weighted by Gasteiger charge is -2.45. The van der Waals surface area contributed by atoms with E-state index in [2.05, 4.69) is 26.6 Å². The van der Waals surface area contributed by atoms with E-state index in [-0.39, 0.29) is 12.1 Å². The molecule has 90 valence electrons. The Morgan fingerprint density at radius 3 is 3.06 bits per heavy atom. The lowest BCUT2D eigenvalue weighted by Crippen LogP contribution is -2.62. The summed E-state index contributed by atoms with van der Waals surface area (Å²) >= 11 is 3.48. The Bertz CT molecular complexity index is 517. The van der Waals surface area contributed by atoms with Crippen LogP contribution in [0, 0.1) is 6.92 Å². The predicted octanol–water partition coefficient (Wildman–Crippen LogP) is 2.61. The monoisotopic (exact) mass is 296 g/mol. The number of carbonyl (C=O) groups is 1. The van der Waals surface area contributed by atoms with Gasteiger partial charge in [0.25, 0.3) is 0 Å². The number of carbonyl (C=O) groups excluding carboxylic acids is 1. The quantitative estimate of drug-likeness (QED) is 0.773. The van der Waals surface area contributed by atoms with Gasteiger partial charge >= 0.3 is 6.03 Å². The van der Waals surface area contributed by atoms with Crippen LogP contribution >= 0.6 is 15.9 Å². The number of hydrogen-bond donors (Lipinski definition) is 2. The van der Waals surface area contributed by atoms with E-state index in [1.54, 1.807) is 0 Å². The first-order chi connectivity index (χ1) is 7.97. The topological polar surface area (TPSA) is 50.4 Å². The standard InChI is InChI=1S/C12H13BrN2O2/c1-6-3-7(13)4-8-9-5-12(2,17-10(6)8)15-11(16)14-9/h3-4,9H,5H2,1-2H3,(H2,14,15,16). The van der Waals surface area contributed by atoms with E-state index in [0.29, 0.717) is 0 Å². The minimum Gasteiger partial charge on any atom is -0.468 e. The summed E-state index contributed by atoms with van der Waals surface area (Å²) in [6, 6.07) is 3.88. The summed E-state index contributed by atoms with van der Waals surface area (Å²) in [5.74, 6) is 0.874. The molecular weight excluding hydrogens is 284 g/mol. The number of hydrogen-bond acceptors (Lipinski definition) is 2. The van der Waals surface area contributed by atoms with Crippen molar-refractivity contribution in [1.82, 2.24) is 10.6 Å². The molecule has 1 aromatic rings. The van der Waals surface area contributed by atoms with E-state index in [4.69, 9.17) is 4.74 Å². The van der Waals surface area contributed by atoms with Crippen LogP contribution in [-0.4, -0.2) is 11.8 Å². The molecule has 2 aliphatic heterocycles. The van der Waals surface area contributed by atoms with Crippen molar-refractivity contribution in [3.63, 3.8) is 0 Å². The molecule has 1 saturated heterocycles. The molecule has 2 unspecified atom stereocenters. The van der Waals surface area contributed by atoms with Crippen molar-refractivity contribution in [2.24, 2.45) is 0 Å². The van der Waals surface area contributed by atoms with Gasteiger partial charge in [0.15, 0.2) is 5.72 Å². The Kier molecular flexibility index (Phi) is 2.17. The van der Waals surface area contributed by atoms with Gasteiger partial charge in [-0.05, 0) is 31.5 Å². The summed E-state index contributed by atoms with van der Waals surface area (Å²) in [6.07, 6.45) is 0.738. The van der Waals surface area contributed by atoms with E-state index in [1.165, 1.54) is 0 Å². The second-order valence-corrected chi connectivity index (χ2v) is 5.74. The summed E-state index contributed by atoms with van der Waals surface area (Å²) in [4.78, 5) is 11.5. The molecule has 0 saturated carbocycles. The fourth-order valence-electron chi connectivity index (χ4n) is 2.56. The molecule has 2 heterocycles. The summed E-state index contributed by atoms with van der Waals surface area (Å²) in [5, 5.41) is 5.76. The third-order valence-electron chi connectivity index (χ3n) is 3.25. The molecule has 2 atom stereocenters. The highest BCUT2D eigenvalue weighted by atomic mass is 79.9. The Hall–Kier alpha value is -1.23. The van der Waals surface area contributed by atoms with Gasteiger partial charge in [-0.25, -0.2) is 4.79 Å². The van der Waals surface area contributed by atoms with E-state index in [0.717, 1.165) is 27.8 Å². The van der Waals surface area contributed by atoms with Crippen molar-refractivity contribution in [3.8, 4) is 5.75 Å². The van der Waals surface area contributed by atoms with Crippen molar-refractivity contribution in [2.45, 2.75) is 32.0 Å². The van der Waals surface area contributed by atoms with Gasteiger partial charge < -0.3 is 15.4 Å². The van der Waals surface area contributed by atoms with Gasteiger partial charge in [0.05, 0.1) is 6.04 Å². The maximum Gasteiger partial charge on any atom is 0.318 e. The van der Waals surface area contributed by atoms with Crippen molar-refractivity contribution in [2.75, 3.05) is 0 Å². The van der Waals surface area contributed by atoms with E-state index >= 15 is 0 Å². The smallest absolute Gasteiger partial charge is 0.318 e. The minimum absolute atomic E-state index is 0.0219. The first-order valence-corrected chi connectivity index (χ1v) is 6.34. The molecule has 2 N–H and O–H groups in total. The van der Waals surface area contributed by atoms with Gasteiger partial charge in [0.2, 0.25) is 0 Å². The average molecular weight is 297 g/mol. The number of rotatable bonds is 0. The zero-order valence-corrected chi connectivity index (χ0v) is 11.2. The molecule has 2 bridgehead atoms. The SMILES string of the molecule is Cc1cc(Br)cc2c1OC1(C)CC2NC(=O)N1. The maximum absolute atomic E-state index is 11.5. The molecule has 17 heavy (non-hydrogen) atoms. The van der Waals surface area contributed by atoms with Crippen LogP contribution in [-0.2, 0) is 0 Å². The first kappa shape index (κ1) is 10.9. The van der Waals surface area contributed by atoms with Gasteiger partial charge in [-0.2, -0.15) is 0 Å². The molecule has 5 heteroatoms. The summed E-state index contributed by atoms with van der Waals surface area (Å²) in [5.41, 5.74) is 1.52. The number of ether oxygens (including phenoxy) is 1. The van der Waals surface area contributed by atoms with Crippen LogP contribution < -0.4 is 15.4 Å². The largest absolute Gasteiger partial charge is 0.468 e. The van der Waals surface area contributed by atoms with Crippen LogP contribution in [0.25, 0.3) is 0 Å². The molecule has 4 nitrogen and oxygen atoms in total. The molecule has 1 fully saturated rings. The number of nitrogens with one attached hydrogen (secondary N) is 2. The number of benzene rings is 1. The lowest BCUT2D eigenvalue weighted by molar-refractivity contribution is 0.0112. The molecule has 0 spiro atoms. The van der Waals surface area contributed by atoms with Crippen molar-refractivity contribution in [3.05, 3.63) is 27.7 Å². The van der Waals surface area contributed by atoms with Gasteiger partial charge in [0.1, 0.15) is 5.75 Å². The van der Waals surface area contributed by atoms with Crippen LogP contribution in [0.4, 0.5) is 4.79 Å². The van der Waals surface area contributed by atoms with Crippen LogP contribution in [0.2, 0.25) is 0 Å². The van der Waals surface area contributed by atoms with Gasteiger partial charge in [-0.15, -0.1) is 0 Å². The Labute approximate surface area is 108 Å². The van der Waals surface area contributed by atoms with Gasteiger partial charge in [-0.3, -0.25) is 0 Å². The average Bonchev–Trinajstić information content (AvgIpc) is 2.19. The molecule has 0 aliphatic carbocycles. The van der Waals surface area contributed by atoms with E-state index < -0.39 is 5.72 Å². The Balaban J connectivity index is 2.16. The highest BCUT2D eigenvalue weighted by molar-refractivity contribution is 9.10. The lowest BCUT2D eigenvalue weighted by atomic mass is 9.90. The van der Waals surface area contributed by atoms with Crippen LogP contribution in [0.3, 0.4) is 0 Å². The second kappa shape index (κ2) is 3.38. The second-order valence-electron chi connectivity index (χ2n) is 4.83. The highest BCUT2D eigenvalue weighted by Gasteiger charge is 2.43. The summed E-state index contributed by atoms with van der Waals surface area (Å²) in [7, 11) is 0. The van der Waals surface area contributed by atoms with E-state index in [9.17, 15) is 4.79 Å². The van der Waals surface area contributed by atoms with Crippen molar-refractivity contribution < 1.29 is 9.53 Å². The molecule has 1 aromatic carbocycles. The van der Waals surface area contributed by atoms with Crippen molar-refractivity contribution >= 4 is 22.0 Å². The fourth-order valence-corrected chi connectivity index (χ4v) is 3.15. The normalized spacial score (nSPS) is 29.8. The fraction of sp³-hybridized carbons (Fsp3) is 0.417. The summed E-state index contributed by atoms with van der Waals surface area (Å²) < 4.78 is 6.96. The van der Waals surface area contributed by atoms with Crippen LogP contribution in [0.5, 0.6) is 5.75 Å². The third-order valence-corrected chi connectivity index (χ3v) is 3.71. The Morgan fingerprint density at radius 2 is 2.29 bits per heavy atom. The minimum atomic E-state index is -0.599. The van der Waals surface area contributed by atoms with Gasteiger partial charge in [-0.1, -0.05) is 15.9 Å². The van der Waals surface area contributed by atoms with E-state index in [1.807, 2.05) is 26.0 Å². The first-order valence-electron chi connectivity index (χ1n) is 5.55. The van der Waals surface area contributed by atoms with Crippen molar-refractivity contribution in [1.29, 1.82) is 0 Å². The maximum atomic E-state index is 11.5. The number of aryl methyl sites for hydroxylation is 1. The van der Waals surface area contributed by atoms with Gasteiger partial charge in [0, 0.05) is 16.5 Å². The highest BCUT2D eigenvalue weighted by Crippen LogP contribution is 2.43. The summed E-state index contributed by atoms with van der Waals surface area (Å²) in [6.45, 7) is 3.92. The number of fused-ring (bicyclic) bond motifs is 4. The number of halogens is 1. The van der Waals surface area contributed by atoms with Crippen LogP contribution in [0.1, 0.15) is 30.5 Å². The zero-order valence-electron chi connectivity index (χ0n) is 9.63. The Morgan fingerprint density at radius 1 is 1.53 bits per heavy atom. The molecule has 0 radical (unpaired) electrons. The number of amides is 2. The molecule has 2 amide bonds. The molecular formula is C12H13BrN2O2. The zero-order chi connectivity index (χ0) is 12.2. The molecule has 2 aliphatic rings. The molecule has 0 aromatic heterocycles. The third kappa shape index (κ3) is 1.69. The molecule has 3 rings (SSSR count). The predicted molar refractivity (Wildman–Crippen MR) is 66.9 cm³/mol. The van der Waals surface area contributed by atoms with Crippen LogP contribution in [0.15, 0.2) is 16.6 Å². The number of urea groups is 1.